The quantitative estimate of drug-likeness (QED) is 0.203. The Morgan fingerprint density at radius 3 is 2.38 bits per heavy atom. The van der Waals surface area contributed by atoms with Gasteiger partial charge in [0.1, 0.15) is 17.2 Å². The minimum Gasteiger partial charge on any atom is -0.497 e. The number of carbonyl (C=O) groups excluding carboxylic acids is 1. The van der Waals surface area contributed by atoms with E-state index in [1.54, 1.807) is 45.6 Å². The highest BCUT2D eigenvalue weighted by atomic mass is 127. The van der Waals surface area contributed by atoms with E-state index in [1.165, 1.54) is 0 Å². The molecule has 176 valence electrons. The Morgan fingerprint density at radius 2 is 1.72 bits per heavy atom. The fourth-order valence-electron chi connectivity index (χ4n) is 2.98. The van der Waals surface area contributed by atoms with Gasteiger partial charge >= 0.3 is 0 Å². The van der Waals surface area contributed by atoms with Gasteiger partial charge in [0.25, 0.3) is 5.91 Å². The third-order valence-electron chi connectivity index (χ3n) is 4.59. The minimum absolute atomic E-state index is 0. The Hall–Kier alpha value is -2.69. The maximum atomic E-state index is 12.3. The van der Waals surface area contributed by atoms with Crippen molar-refractivity contribution >= 4 is 35.8 Å². The van der Waals surface area contributed by atoms with Crippen LogP contribution in [0.4, 0.5) is 0 Å². The number of nitrogens with zero attached hydrogens (tertiary/aromatic N) is 2. The summed E-state index contributed by atoms with van der Waals surface area (Å²) in [6.07, 6.45) is 0. The number of carbonyl (C=O) groups is 1. The number of guanidine groups is 1. The Morgan fingerprint density at radius 1 is 1.00 bits per heavy atom. The average Bonchev–Trinajstić information content (AvgIpc) is 2.81. The largest absolute Gasteiger partial charge is 0.497 e. The predicted molar refractivity (Wildman–Crippen MR) is 138 cm³/mol. The van der Waals surface area contributed by atoms with Crippen molar-refractivity contribution in [2.45, 2.75) is 13.5 Å². The third-order valence-corrected chi connectivity index (χ3v) is 4.59. The standard InChI is InChI=1S/C23H32N4O4.HI/c1-6-24-23(27(2)16-18-10-11-20(30-4)15-21(18)31-5)26-13-12-25-22(28)17-8-7-9-19(14-17)29-3;/h7-11,14-15H,6,12-13,16H2,1-5H3,(H,24,26)(H,25,28);1H. The predicted octanol–water partition coefficient (Wildman–Crippen LogP) is 3.16. The van der Waals surface area contributed by atoms with Crippen LogP contribution in [0.3, 0.4) is 0 Å². The molecule has 0 fully saturated rings. The van der Waals surface area contributed by atoms with Crippen LogP contribution in [0.25, 0.3) is 0 Å². The van der Waals surface area contributed by atoms with E-state index in [2.05, 4.69) is 15.6 Å². The molecule has 2 N–H and O–H groups in total. The van der Waals surface area contributed by atoms with Crippen molar-refractivity contribution in [3.05, 3.63) is 53.6 Å². The summed E-state index contributed by atoms with van der Waals surface area (Å²) < 4.78 is 15.9. The SMILES string of the molecule is CCNC(=NCCNC(=O)c1cccc(OC)c1)N(C)Cc1ccc(OC)cc1OC.I. The molecule has 0 unspecified atom stereocenters. The summed E-state index contributed by atoms with van der Waals surface area (Å²) in [5, 5.41) is 6.16. The van der Waals surface area contributed by atoms with Crippen molar-refractivity contribution in [1.82, 2.24) is 15.5 Å². The molecule has 0 aliphatic rings. The summed E-state index contributed by atoms with van der Waals surface area (Å²) in [7, 11) is 6.80. The monoisotopic (exact) mass is 556 g/mol. The number of nitrogens with one attached hydrogen (secondary N) is 2. The van der Waals surface area contributed by atoms with E-state index in [1.807, 2.05) is 37.1 Å². The summed E-state index contributed by atoms with van der Waals surface area (Å²) >= 11 is 0. The molecule has 8 nitrogen and oxygen atoms in total. The smallest absolute Gasteiger partial charge is 0.251 e. The van der Waals surface area contributed by atoms with Crippen LogP contribution in [0, 0.1) is 0 Å². The summed E-state index contributed by atoms with van der Waals surface area (Å²) in [6.45, 7) is 4.23. The van der Waals surface area contributed by atoms with Gasteiger partial charge in [0.2, 0.25) is 0 Å². The Bertz CT molecular complexity index is 892. The Kier molecular flexibility index (Phi) is 12.3. The molecule has 32 heavy (non-hydrogen) atoms. The second-order valence-corrected chi connectivity index (χ2v) is 6.76. The molecule has 9 heteroatoms. The molecule has 0 spiro atoms. The van der Waals surface area contributed by atoms with Crippen LogP contribution in [-0.4, -0.2) is 64.8 Å². The van der Waals surface area contributed by atoms with Crippen LogP contribution in [0.2, 0.25) is 0 Å². The molecule has 2 rings (SSSR count). The van der Waals surface area contributed by atoms with Crippen molar-refractivity contribution in [3.63, 3.8) is 0 Å². The number of aliphatic imine (C=N–C) groups is 1. The Balaban J connectivity index is 0.00000512. The van der Waals surface area contributed by atoms with Crippen molar-refractivity contribution in [2.24, 2.45) is 4.99 Å². The molecule has 2 aromatic rings. The molecule has 1 amide bonds. The lowest BCUT2D eigenvalue weighted by Crippen LogP contribution is -2.39. The summed E-state index contributed by atoms with van der Waals surface area (Å²) in [5.74, 6) is 2.74. The summed E-state index contributed by atoms with van der Waals surface area (Å²) in [5.41, 5.74) is 1.57. The summed E-state index contributed by atoms with van der Waals surface area (Å²) in [4.78, 5) is 19.0. The molecule has 0 saturated carbocycles. The fraction of sp³-hybridized carbons (Fsp3) is 0.391. The minimum atomic E-state index is -0.157. The molecule has 0 aliphatic heterocycles. The van der Waals surface area contributed by atoms with Gasteiger partial charge in [-0.15, -0.1) is 24.0 Å². The van der Waals surface area contributed by atoms with Crippen LogP contribution in [0.15, 0.2) is 47.5 Å². The highest BCUT2D eigenvalue weighted by Gasteiger charge is 2.11. The van der Waals surface area contributed by atoms with Crippen LogP contribution in [-0.2, 0) is 6.54 Å². The molecule has 0 aromatic heterocycles. The zero-order chi connectivity index (χ0) is 22.6. The van der Waals surface area contributed by atoms with Crippen molar-refractivity contribution in [3.8, 4) is 17.2 Å². The van der Waals surface area contributed by atoms with Crippen molar-refractivity contribution in [1.29, 1.82) is 0 Å². The van der Waals surface area contributed by atoms with E-state index >= 15 is 0 Å². The number of rotatable bonds is 10. The van der Waals surface area contributed by atoms with Gasteiger partial charge in [-0.1, -0.05) is 6.07 Å². The van der Waals surface area contributed by atoms with E-state index in [-0.39, 0.29) is 29.9 Å². The van der Waals surface area contributed by atoms with Gasteiger partial charge in [-0.25, -0.2) is 0 Å². The number of methoxy groups -OCH3 is 3. The van der Waals surface area contributed by atoms with Crippen molar-refractivity contribution < 1.29 is 19.0 Å². The second-order valence-electron chi connectivity index (χ2n) is 6.76. The molecule has 0 heterocycles. The lowest BCUT2D eigenvalue weighted by Gasteiger charge is -2.23. The lowest BCUT2D eigenvalue weighted by molar-refractivity contribution is 0.0954. The topological polar surface area (TPSA) is 84.4 Å². The third kappa shape index (κ3) is 8.10. The first kappa shape index (κ1) is 27.3. The highest BCUT2D eigenvalue weighted by molar-refractivity contribution is 14.0. The average molecular weight is 556 g/mol. The van der Waals surface area contributed by atoms with Crippen molar-refractivity contribution in [2.75, 3.05) is 48.0 Å². The first-order valence-electron chi connectivity index (χ1n) is 10.1. The van der Waals surface area contributed by atoms with E-state index in [0.717, 1.165) is 29.6 Å². The van der Waals surface area contributed by atoms with Gasteiger partial charge in [0, 0.05) is 43.9 Å². The van der Waals surface area contributed by atoms with Crippen LogP contribution >= 0.6 is 24.0 Å². The number of ether oxygens (including phenoxy) is 3. The van der Waals surface area contributed by atoms with Gasteiger partial charge in [0.15, 0.2) is 5.96 Å². The first-order valence-corrected chi connectivity index (χ1v) is 10.1. The van der Waals surface area contributed by atoms with Gasteiger partial charge < -0.3 is 29.7 Å². The maximum absolute atomic E-state index is 12.3. The molecule has 0 bridgehead atoms. The number of benzene rings is 2. The van der Waals surface area contributed by atoms with Crippen LogP contribution in [0.5, 0.6) is 17.2 Å². The van der Waals surface area contributed by atoms with Gasteiger partial charge in [-0.3, -0.25) is 9.79 Å². The highest BCUT2D eigenvalue weighted by Crippen LogP contribution is 2.25. The number of hydrogen-bond acceptors (Lipinski definition) is 5. The zero-order valence-corrected chi connectivity index (χ0v) is 21.6. The molecular weight excluding hydrogens is 523 g/mol. The van der Waals surface area contributed by atoms with Gasteiger partial charge in [-0.2, -0.15) is 0 Å². The van der Waals surface area contributed by atoms with E-state index in [0.29, 0.717) is 30.9 Å². The first-order chi connectivity index (χ1) is 15.0. The maximum Gasteiger partial charge on any atom is 0.251 e. The van der Waals surface area contributed by atoms with Crippen LogP contribution < -0.4 is 24.8 Å². The molecular formula is C23H33IN4O4. The second kappa shape index (κ2) is 14.4. The molecule has 0 atom stereocenters. The molecule has 0 radical (unpaired) electrons. The lowest BCUT2D eigenvalue weighted by atomic mass is 10.2. The van der Waals surface area contributed by atoms with Crippen LogP contribution in [0.1, 0.15) is 22.8 Å². The normalized spacial score (nSPS) is 10.6. The van der Waals surface area contributed by atoms with E-state index in [9.17, 15) is 4.79 Å². The number of halogens is 1. The molecule has 0 saturated heterocycles. The van der Waals surface area contributed by atoms with E-state index in [4.69, 9.17) is 14.2 Å². The molecule has 0 aliphatic carbocycles. The summed E-state index contributed by atoms with van der Waals surface area (Å²) in [6, 6.07) is 12.8. The fourth-order valence-corrected chi connectivity index (χ4v) is 2.98. The zero-order valence-electron chi connectivity index (χ0n) is 19.3. The van der Waals surface area contributed by atoms with Gasteiger partial charge in [-0.05, 0) is 37.3 Å². The molecule has 2 aromatic carbocycles. The Labute approximate surface area is 207 Å². The number of hydrogen-bond donors (Lipinski definition) is 2. The number of amides is 1. The van der Waals surface area contributed by atoms with Gasteiger partial charge in [0.05, 0.1) is 27.9 Å². The van der Waals surface area contributed by atoms with E-state index < -0.39 is 0 Å².